The van der Waals surface area contributed by atoms with Gasteiger partial charge in [0.15, 0.2) is 0 Å². The van der Waals surface area contributed by atoms with E-state index in [2.05, 4.69) is 154 Å². The van der Waals surface area contributed by atoms with E-state index in [-0.39, 0.29) is 45.4 Å². The van der Waals surface area contributed by atoms with Gasteiger partial charge in [-0.25, -0.2) is 0 Å². The zero-order valence-corrected chi connectivity index (χ0v) is 28.9. The van der Waals surface area contributed by atoms with Crippen LogP contribution in [0.3, 0.4) is 0 Å². The molecule has 2 heterocycles. The molecule has 0 radical (unpaired) electrons. The maximum atomic E-state index is 10.3. The molecule has 2 aliphatic carbocycles. The van der Waals surface area contributed by atoms with Crippen LogP contribution >= 0.6 is 0 Å². The third-order valence-electron chi connectivity index (χ3n) is 10.7. The van der Waals surface area contributed by atoms with Crippen LogP contribution in [0.5, 0.6) is 0 Å². The Morgan fingerprint density at radius 1 is 0.591 bits per heavy atom. The lowest BCUT2D eigenvalue weighted by molar-refractivity contribution is 0.0509. The van der Waals surface area contributed by atoms with Gasteiger partial charge in [-0.3, -0.25) is 0 Å². The van der Waals surface area contributed by atoms with Crippen LogP contribution in [0.1, 0.15) is 94.9 Å². The van der Waals surface area contributed by atoms with Crippen LogP contribution in [0.15, 0.2) is 96.2 Å². The lowest BCUT2D eigenvalue weighted by Crippen LogP contribution is -2.46. The topological polar surface area (TPSA) is 65.5 Å². The van der Waals surface area contributed by atoms with Crippen molar-refractivity contribution in [1.29, 1.82) is 0 Å². The Morgan fingerprint density at radius 2 is 0.955 bits per heavy atom. The van der Waals surface area contributed by atoms with Gasteiger partial charge in [-0.15, -0.1) is 0 Å². The minimum absolute atomic E-state index is 0.0826. The standard InChI is InChI=1S/C40H58O4/c1-29(17-13-19-31(3)21-23-39-35(5,6)25-33(41)27-37(39,9)43-39)15-11-12-16-30(2)18-14-20-32(4)22-24-40-36(7,8)26-34(42)28-38(40,10)44-40/h11-24,31-34,41-42H,25-28H2,1-10H3/b15-11+,16-12+,19-13+,20-14+,23-21+,24-22+,29-17+,30-18+/t31-,32+,33-,34-,37+,38+,39-,40-/m0/s1. The number of fused-ring (bicyclic) bond motifs is 2. The number of allylic oxidation sites excluding steroid dienone is 14. The SMILES string of the molecule is CC(/C=C/C=C/C(C)=C/C=C/[C@H](C)/C=C/[C@@]12O[C@]1(C)C[C@@H](O)CC2(C)C)=C\C=C\[C@@H](C)/C=C/[C@@]12O[C@]1(C)C[C@@H](O)CC2(C)C. The first-order chi connectivity index (χ1) is 20.4. The third kappa shape index (κ3) is 6.94. The van der Waals surface area contributed by atoms with Crippen molar-refractivity contribution in [2.75, 3.05) is 0 Å². The van der Waals surface area contributed by atoms with E-state index in [9.17, 15) is 10.2 Å². The molecule has 44 heavy (non-hydrogen) atoms. The molecule has 2 N–H and O–H groups in total. The van der Waals surface area contributed by atoms with Crippen molar-refractivity contribution in [3.63, 3.8) is 0 Å². The number of hydrogen-bond acceptors (Lipinski definition) is 4. The second-order valence-corrected chi connectivity index (χ2v) is 15.8. The lowest BCUT2D eigenvalue weighted by Gasteiger charge is -2.39. The van der Waals surface area contributed by atoms with Gasteiger partial charge in [-0.05, 0) is 52.4 Å². The summed E-state index contributed by atoms with van der Waals surface area (Å²) < 4.78 is 12.5. The second-order valence-electron chi connectivity index (χ2n) is 15.8. The minimum Gasteiger partial charge on any atom is -0.393 e. The molecule has 0 aromatic heterocycles. The minimum atomic E-state index is -0.284. The molecule has 0 aromatic carbocycles. The van der Waals surface area contributed by atoms with Gasteiger partial charge in [-0.2, -0.15) is 0 Å². The highest BCUT2D eigenvalue weighted by atomic mass is 16.6. The van der Waals surface area contributed by atoms with Gasteiger partial charge in [-0.1, -0.05) is 138 Å². The molecule has 0 amide bonds. The van der Waals surface area contributed by atoms with Crippen molar-refractivity contribution in [3.05, 3.63) is 96.2 Å². The van der Waals surface area contributed by atoms with Gasteiger partial charge in [0.1, 0.15) is 22.4 Å². The van der Waals surface area contributed by atoms with Crippen molar-refractivity contribution in [2.45, 2.75) is 130 Å². The molecule has 4 aliphatic rings. The van der Waals surface area contributed by atoms with Crippen LogP contribution in [-0.2, 0) is 9.47 Å². The molecule has 4 heteroatoms. The summed E-state index contributed by atoms with van der Waals surface area (Å²) >= 11 is 0. The van der Waals surface area contributed by atoms with Gasteiger partial charge in [0.25, 0.3) is 0 Å². The van der Waals surface area contributed by atoms with E-state index in [1.807, 2.05) is 0 Å². The van der Waals surface area contributed by atoms with Crippen molar-refractivity contribution in [2.24, 2.45) is 22.7 Å². The summed E-state index contributed by atoms with van der Waals surface area (Å²) in [7, 11) is 0. The molecule has 0 spiro atoms. The predicted octanol–water partition coefficient (Wildman–Crippen LogP) is 8.91. The van der Waals surface area contributed by atoms with E-state index in [0.717, 1.165) is 12.8 Å². The molecular weight excluding hydrogens is 544 g/mol. The average Bonchev–Trinajstić information content (AvgIpc) is 3.73. The zero-order valence-electron chi connectivity index (χ0n) is 28.9. The molecule has 2 saturated carbocycles. The quantitative estimate of drug-likeness (QED) is 0.141. The van der Waals surface area contributed by atoms with Gasteiger partial charge in [0.05, 0.1) is 12.2 Å². The summed E-state index contributed by atoms with van der Waals surface area (Å²) in [5, 5.41) is 20.5. The number of hydrogen-bond donors (Lipinski definition) is 2. The first kappa shape index (κ1) is 34.6. The zero-order chi connectivity index (χ0) is 32.6. The summed E-state index contributed by atoms with van der Waals surface area (Å²) in [6.07, 6.45) is 32.7. The van der Waals surface area contributed by atoms with E-state index in [1.165, 1.54) is 11.1 Å². The van der Waals surface area contributed by atoms with Crippen LogP contribution in [0.4, 0.5) is 0 Å². The molecule has 2 saturated heterocycles. The number of rotatable bonds is 11. The molecule has 0 unspecified atom stereocenters. The van der Waals surface area contributed by atoms with Crippen molar-refractivity contribution in [1.82, 2.24) is 0 Å². The summed E-state index contributed by atoms with van der Waals surface area (Å²) in [6.45, 7) is 21.7. The van der Waals surface area contributed by atoms with Crippen molar-refractivity contribution < 1.29 is 19.7 Å². The normalized spacial score (nSPS) is 40.0. The molecule has 0 aromatic rings. The molecule has 4 rings (SSSR count). The fourth-order valence-corrected chi connectivity index (χ4v) is 8.14. The van der Waals surface area contributed by atoms with Gasteiger partial charge in [0.2, 0.25) is 0 Å². The molecule has 242 valence electrons. The fourth-order valence-electron chi connectivity index (χ4n) is 8.14. The Kier molecular flexibility index (Phi) is 9.85. The van der Waals surface area contributed by atoms with Crippen LogP contribution < -0.4 is 0 Å². The monoisotopic (exact) mass is 602 g/mol. The Balaban J connectivity index is 1.22. The van der Waals surface area contributed by atoms with Crippen LogP contribution in [0.2, 0.25) is 0 Å². The highest BCUT2D eigenvalue weighted by molar-refractivity contribution is 5.34. The molecule has 0 bridgehead atoms. The number of aliphatic hydroxyl groups is 2. The summed E-state index contributed by atoms with van der Waals surface area (Å²) in [6, 6.07) is 0. The lowest BCUT2D eigenvalue weighted by atomic mass is 9.63. The molecular formula is C40H58O4. The number of ether oxygens (including phenoxy) is 2. The summed E-state index contributed by atoms with van der Waals surface area (Å²) in [5.74, 6) is 0.588. The average molecular weight is 603 g/mol. The smallest absolute Gasteiger partial charge is 0.121 e. The van der Waals surface area contributed by atoms with E-state index in [1.54, 1.807) is 0 Å². The Labute approximate surface area is 267 Å². The van der Waals surface area contributed by atoms with E-state index in [0.29, 0.717) is 24.7 Å². The van der Waals surface area contributed by atoms with Gasteiger partial charge < -0.3 is 19.7 Å². The first-order valence-electron chi connectivity index (χ1n) is 16.6. The largest absolute Gasteiger partial charge is 0.393 e. The molecule has 4 fully saturated rings. The fraction of sp³-hybridized carbons (Fsp3) is 0.600. The van der Waals surface area contributed by atoms with E-state index >= 15 is 0 Å². The number of epoxide rings is 2. The third-order valence-corrected chi connectivity index (χ3v) is 10.7. The maximum Gasteiger partial charge on any atom is 0.121 e. The highest BCUT2D eigenvalue weighted by Crippen LogP contribution is 2.67. The Hall–Kier alpha value is -2.24. The highest BCUT2D eigenvalue weighted by Gasteiger charge is 2.75. The Morgan fingerprint density at radius 3 is 1.30 bits per heavy atom. The Bertz CT molecular complexity index is 1200. The van der Waals surface area contributed by atoms with Gasteiger partial charge >= 0.3 is 0 Å². The second kappa shape index (κ2) is 12.5. The van der Waals surface area contributed by atoms with Crippen LogP contribution in [0, 0.1) is 22.7 Å². The summed E-state index contributed by atoms with van der Waals surface area (Å²) in [5.41, 5.74) is 1.16. The van der Waals surface area contributed by atoms with Crippen molar-refractivity contribution >= 4 is 0 Å². The molecule has 8 atom stereocenters. The van der Waals surface area contributed by atoms with E-state index in [4.69, 9.17) is 9.47 Å². The molecule has 2 aliphatic heterocycles. The predicted molar refractivity (Wildman–Crippen MR) is 183 cm³/mol. The van der Waals surface area contributed by atoms with Gasteiger partial charge in [0, 0.05) is 23.7 Å². The molecule has 4 nitrogen and oxygen atoms in total. The van der Waals surface area contributed by atoms with Crippen LogP contribution in [0.25, 0.3) is 0 Å². The van der Waals surface area contributed by atoms with E-state index < -0.39 is 0 Å². The summed E-state index contributed by atoms with van der Waals surface area (Å²) in [4.78, 5) is 0. The number of aliphatic hydroxyl groups excluding tert-OH is 2. The maximum absolute atomic E-state index is 10.3. The first-order valence-corrected chi connectivity index (χ1v) is 16.6. The van der Waals surface area contributed by atoms with Crippen LogP contribution in [-0.4, -0.2) is 44.8 Å². The van der Waals surface area contributed by atoms with Crippen molar-refractivity contribution in [3.8, 4) is 0 Å².